The van der Waals surface area contributed by atoms with E-state index in [0.29, 0.717) is 11.1 Å². The molecular weight excluding hydrogens is 233 g/mol. The van der Waals surface area contributed by atoms with Crippen molar-refractivity contribution in [1.29, 1.82) is 0 Å². The molecule has 4 heteroatoms. The third kappa shape index (κ3) is 2.88. The zero-order valence-electron chi connectivity index (χ0n) is 10.4. The van der Waals surface area contributed by atoms with E-state index in [4.69, 9.17) is 0 Å². The van der Waals surface area contributed by atoms with Crippen molar-refractivity contribution in [1.82, 2.24) is 5.32 Å². The average Bonchev–Trinajstić information content (AvgIpc) is 2.84. The topological polar surface area (TPSA) is 49.3 Å². The van der Waals surface area contributed by atoms with Gasteiger partial charge in [0.1, 0.15) is 5.82 Å². The van der Waals surface area contributed by atoms with Gasteiger partial charge in [-0.05, 0) is 37.0 Å². The Bertz CT molecular complexity index is 441. The molecule has 0 aromatic heterocycles. The maximum atomic E-state index is 13.1. The van der Waals surface area contributed by atoms with Crippen molar-refractivity contribution in [2.45, 2.75) is 44.8 Å². The number of carbonyl (C=O) groups excluding carboxylic acids is 1. The molecule has 0 heterocycles. The number of hydrogen-bond donors (Lipinski definition) is 2. The van der Waals surface area contributed by atoms with Crippen LogP contribution in [0.5, 0.6) is 0 Å². The van der Waals surface area contributed by atoms with E-state index in [9.17, 15) is 14.3 Å². The van der Waals surface area contributed by atoms with E-state index in [0.717, 1.165) is 25.7 Å². The van der Waals surface area contributed by atoms with Crippen LogP contribution in [-0.2, 0) is 4.79 Å². The smallest absolute Gasteiger partial charge is 0.253 e. The third-order valence-electron chi connectivity index (χ3n) is 3.45. The average molecular weight is 251 g/mol. The number of aliphatic hydroxyl groups is 1. The lowest BCUT2D eigenvalue weighted by Gasteiger charge is -2.16. The first-order valence-corrected chi connectivity index (χ1v) is 6.32. The Balaban J connectivity index is 2.02. The summed E-state index contributed by atoms with van der Waals surface area (Å²) in [5.74, 6) is -0.727. The van der Waals surface area contributed by atoms with Crippen LogP contribution in [0.1, 0.15) is 42.9 Å². The summed E-state index contributed by atoms with van der Waals surface area (Å²) in [5.41, 5.74) is 0.865. The van der Waals surface area contributed by atoms with E-state index >= 15 is 0 Å². The Labute approximate surface area is 106 Å². The summed E-state index contributed by atoms with van der Waals surface area (Å²) < 4.78 is 13.1. The van der Waals surface area contributed by atoms with E-state index < -0.39 is 12.0 Å². The third-order valence-corrected chi connectivity index (χ3v) is 3.45. The predicted octanol–water partition coefficient (Wildman–Crippen LogP) is 2.23. The molecule has 0 spiro atoms. The fraction of sp³-hybridized carbons (Fsp3) is 0.500. The second-order valence-corrected chi connectivity index (χ2v) is 4.90. The Morgan fingerprint density at radius 1 is 1.44 bits per heavy atom. The second-order valence-electron chi connectivity index (χ2n) is 4.90. The number of hydrogen-bond acceptors (Lipinski definition) is 2. The summed E-state index contributed by atoms with van der Waals surface area (Å²) in [6.07, 6.45) is 2.97. The van der Waals surface area contributed by atoms with Gasteiger partial charge in [0, 0.05) is 6.04 Å². The van der Waals surface area contributed by atoms with Crippen molar-refractivity contribution in [2.24, 2.45) is 0 Å². The highest BCUT2D eigenvalue weighted by molar-refractivity contribution is 5.82. The van der Waals surface area contributed by atoms with Crippen LogP contribution in [0.25, 0.3) is 0 Å². The molecule has 1 aromatic rings. The maximum absolute atomic E-state index is 13.1. The van der Waals surface area contributed by atoms with Gasteiger partial charge in [-0.3, -0.25) is 4.79 Å². The van der Waals surface area contributed by atoms with Gasteiger partial charge in [0.25, 0.3) is 5.91 Å². The molecule has 1 aliphatic rings. The summed E-state index contributed by atoms with van der Waals surface area (Å²) >= 11 is 0. The van der Waals surface area contributed by atoms with Gasteiger partial charge in [-0.25, -0.2) is 4.39 Å². The SMILES string of the molecule is Cc1cc(C(O)C(=O)NC2CCCC2)ccc1F. The van der Waals surface area contributed by atoms with Gasteiger partial charge in [0.15, 0.2) is 6.10 Å². The van der Waals surface area contributed by atoms with E-state index in [1.165, 1.54) is 18.2 Å². The number of nitrogens with one attached hydrogen (secondary N) is 1. The number of rotatable bonds is 3. The Morgan fingerprint density at radius 2 is 2.11 bits per heavy atom. The van der Waals surface area contributed by atoms with Crippen molar-refractivity contribution >= 4 is 5.91 Å². The molecule has 1 aromatic carbocycles. The molecule has 2 N–H and O–H groups in total. The molecule has 1 unspecified atom stereocenters. The first-order chi connectivity index (χ1) is 8.58. The molecule has 3 nitrogen and oxygen atoms in total. The van der Waals surface area contributed by atoms with Gasteiger partial charge in [-0.2, -0.15) is 0 Å². The summed E-state index contributed by atoms with van der Waals surface area (Å²) in [4.78, 5) is 11.8. The van der Waals surface area contributed by atoms with Crippen LogP contribution in [0, 0.1) is 12.7 Å². The predicted molar refractivity (Wildman–Crippen MR) is 66.5 cm³/mol. The van der Waals surface area contributed by atoms with E-state index in [1.807, 2.05) is 0 Å². The van der Waals surface area contributed by atoms with Crippen molar-refractivity contribution in [3.8, 4) is 0 Å². The van der Waals surface area contributed by atoms with Crippen LogP contribution < -0.4 is 5.32 Å². The van der Waals surface area contributed by atoms with Crippen LogP contribution in [0.4, 0.5) is 4.39 Å². The highest BCUT2D eigenvalue weighted by Crippen LogP contribution is 2.20. The van der Waals surface area contributed by atoms with Gasteiger partial charge in [0.2, 0.25) is 0 Å². The van der Waals surface area contributed by atoms with Crippen LogP contribution >= 0.6 is 0 Å². The van der Waals surface area contributed by atoms with Gasteiger partial charge in [0.05, 0.1) is 0 Å². The summed E-state index contributed by atoms with van der Waals surface area (Å²) in [5, 5.41) is 12.8. The van der Waals surface area contributed by atoms with Crippen molar-refractivity contribution in [3.63, 3.8) is 0 Å². The van der Waals surface area contributed by atoms with Crippen LogP contribution in [0.3, 0.4) is 0 Å². The minimum atomic E-state index is -1.22. The van der Waals surface area contributed by atoms with Gasteiger partial charge < -0.3 is 10.4 Å². The zero-order valence-corrected chi connectivity index (χ0v) is 10.4. The minimum Gasteiger partial charge on any atom is -0.378 e. The van der Waals surface area contributed by atoms with Crippen LogP contribution in [-0.4, -0.2) is 17.1 Å². The molecule has 1 amide bonds. The lowest BCUT2D eigenvalue weighted by molar-refractivity contribution is -0.130. The molecule has 1 fully saturated rings. The molecule has 98 valence electrons. The first kappa shape index (κ1) is 13.0. The van der Waals surface area contributed by atoms with E-state index in [-0.39, 0.29) is 11.9 Å². The molecule has 0 saturated heterocycles. The van der Waals surface area contributed by atoms with Crippen molar-refractivity contribution in [2.75, 3.05) is 0 Å². The van der Waals surface area contributed by atoms with Crippen LogP contribution in [0.2, 0.25) is 0 Å². The highest BCUT2D eigenvalue weighted by atomic mass is 19.1. The standard InChI is InChI=1S/C14H18FNO2/c1-9-8-10(6-7-12(9)15)13(17)14(18)16-11-4-2-3-5-11/h6-8,11,13,17H,2-5H2,1H3,(H,16,18). The number of aliphatic hydroxyl groups excluding tert-OH is 1. The maximum Gasteiger partial charge on any atom is 0.253 e. The Morgan fingerprint density at radius 3 is 2.72 bits per heavy atom. The van der Waals surface area contributed by atoms with Gasteiger partial charge in [-0.15, -0.1) is 0 Å². The largest absolute Gasteiger partial charge is 0.378 e. The van der Waals surface area contributed by atoms with E-state index in [2.05, 4.69) is 5.32 Å². The Kier molecular flexibility index (Phi) is 3.97. The van der Waals surface area contributed by atoms with E-state index in [1.54, 1.807) is 6.92 Å². The fourth-order valence-electron chi connectivity index (χ4n) is 2.34. The number of amides is 1. The first-order valence-electron chi connectivity index (χ1n) is 6.32. The quantitative estimate of drug-likeness (QED) is 0.865. The molecule has 0 bridgehead atoms. The summed E-state index contributed by atoms with van der Waals surface area (Å²) in [6.45, 7) is 1.61. The number of benzene rings is 1. The molecular formula is C14H18FNO2. The fourth-order valence-corrected chi connectivity index (χ4v) is 2.34. The Hall–Kier alpha value is -1.42. The zero-order chi connectivity index (χ0) is 13.1. The van der Waals surface area contributed by atoms with Crippen LogP contribution in [0.15, 0.2) is 18.2 Å². The molecule has 1 atom stereocenters. The lowest BCUT2D eigenvalue weighted by Crippen LogP contribution is -2.36. The van der Waals surface area contributed by atoms with Gasteiger partial charge in [-0.1, -0.05) is 25.0 Å². The second kappa shape index (κ2) is 5.48. The summed E-state index contributed by atoms with van der Waals surface area (Å²) in [7, 11) is 0. The lowest BCUT2D eigenvalue weighted by atomic mass is 10.1. The molecule has 1 saturated carbocycles. The molecule has 0 aliphatic heterocycles. The molecule has 18 heavy (non-hydrogen) atoms. The number of aryl methyl sites for hydroxylation is 1. The molecule has 0 radical (unpaired) electrons. The number of carbonyl (C=O) groups is 1. The summed E-state index contributed by atoms with van der Waals surface area (Å²) in [6, 6.07) is 4.40. The molecule has 1 aliphatic carbocycles. The van der Waals surface area contributed by atoms with Gasteiger partial charge >= 0.3 is 0 Å². The van der Waals surface area contributed by atoms with Crippen molar-refractivity contribution in [3.05, 3.63) is 35.1 Å². The van der Waals surface area contributed by atoms with Crippen molar-refractivity contribution < 1.29 is 14.3 Å². The molecule has 2 rings (SSSR count). The normalized spacial score (nSPS) is 17.7. The minimum absolute atomic E-state index is 0.175. The number of halogens is 1. The highest BCUT2D eigenvalue weighted by Gasteiger charge is 2.23. The monoisotopic (exact) mass is 251 g/mol.